The van der Waals surface area contributed by atoms with E-state index in [2.05, 4.69) is 21.1 Å². The molecule has 8 nitrogen and oxygen atoms in total. The van der Waals surface area contributed by atoms with Crippen molar-refractivity contribution < 1.29 is 17.9 Å². The number of hydrogen-bond donors (Lipinski definition) is 2. The van der Waals surface area contributed by atoms with Gasteiger partial charge in [-0.3, -0.25) is 9.62 Å². The number of aromatic nitrogens is 1. The van der Waals surface area contributed by atoms with Crippen molar-refractivity contribution in [2.75, 3.05) is 56.2 Å². The second kappa shape index (κ2) is 9.40. The van der Waals surface area contributed by atoms with E-state index in [1.54, 1.807) is 12.1 Å². The number of anilines is 2. The van der Waals surface area contributed by atoms with Gasteiger partial charge in [-0.2, -0.15) is 0 Å². The first-order chi connectivity index (χ1) is 15.4. The number of morpholine rings is 1. The van der Waals surface area contributed by atoms with Crippen molar-refractivity contribution in [3.05, 3.63) is 42.5 Å². The summed E-state index contributed by atoms with van der Waals surface area (Å²) in [5.41, 5.74) is 10.6. The molecule has 0 spiro atoms. The number of nitrogens with two attached hydrogens (primary N) is 1. The van der Waals surface area contributed by atoms with Gasteiger partial charge in [-0.15, -0.1) is 0 Å². The molecule has 3 aromatic rings. The predicted molar refractivity (Wildman–Crippen MR) is 129 cm³/mol. The van der Waals surface area contributed by atoms with Crippen LogP contribution in [0.4, 0.5) is 11.4 Å². The molecule has 1 fully saturated rings. The summed E-state index contributed by atoms with van der Waals surface area (Å²) in [6.07, 6.45) is 1.13. The molecule has 2 heterocycles. The van der Waals surface area contributed by atoms with E-state index in [-0.39, 0.29) is 0 Å². The lowest BCUT2D eigenvalue weighted by Crippen LogP contribution is -2.38. The molecule has 2 aromatic carbocycles. The molecule has 0 saturated carbocycles. The van der Waals surface area contributed by atoms with Crippen molar-refractivity contribution in [2.45, 2.75) is 13.5 Å². The monoisotopic (exact) mass is 458 g/mol. The summed E-state index contributed by atoms with van der Waals surface area (Å²) in [5, 5.41) is 0.973. The third kappa shape index (κ3) is 5.01. The Morgan fingerprint density at radius 1 is 1.12 bits per heavy atom. The highest BCUT2D eigenvalue weighted by atomic mass is 32.2. The molecule has 0 aliphatic carbocycles. The van der Waals surface area contributed by atoms with Crippen LogP contribution in [0.1, 0.15) is 6.92 Å². The van der Waals surface area contributed by atoms with Gasteiger partial charge in [0.15, 0.2) is 0 Å². The molecule has 1 saturated heterocycles. The van der Waals surface area contributed by atoms with Gasteiger partial charge in [-0.25, -0.2) is 8.42 Å². The van der Waals surface area contributed by atoms with Crippen molar-refractivity contribution in [1.82, 2.24) is 9.47 Å². The van der Waals surface area contributed by atoms with Crippen LogP contribution in [0.5, 0.6) is 5.75 Å². The van der Waals surface area contributed by atoms with E-state index in [1.807, 2.05) is 30.3 Å². The lowest BCUT2D eigenvalue weighted by molar-refractivity contribution is 0.0322. The summed E-state index contributed by atoms with van der Waals surface area (Å²) in [7, 11) is -3.32. The van der Waals surface area contributed by atoms with E-state index >= 15 is 0 Å². The van der Waals surface area contributed by atoms with Crippen LogP contribution in [0.2, 0.25) is 0 Å². The number of fused-ring (bicyclic) bond motifs is 1. The normalized spacial score (nSPS) is 15.2. The van der Waals surface area contributed by atoms with Gasteiger partial charge in [-0.1, -0.05) is 12.1 Å². The number of nitrogens with zero attached hydrogens (tertiary/aromatic N) is 2. The SMILES string of the molecule is CCn1c(-c2ccc(NS(C)(=O)=O)cc2)c(N)c2ccc(OCCN3CCOCC3)cc21. The zero-order valence-electron chi connectivity index (χ0n) is 18.5. The Balaban J connectivity index is 1.57. The number of nitrogen functional groups attached to an aromatic ring is 1. The maximum absolute atomic E-state index is 11.5. The molecule has 4 rings (SSSR count). The van der Waals surface area contributed by atoms with Crippen LogP contribution in [0, 0.1) is 0 Å². The van der Waals surface area contributed by atoms with Crippen molar-refractivity contribution in [1.29, 1.82) is 0 Å². The Morgan fingerprint density at radius 3 is 2.50 bits per heavy atom. The van der Waals surface area contributed by atoms with Gasteiger partial charge >= 0.3 is 0 Å². The number of benzene rings is 2. The Bertz CT molecular complexity index is 1180. The first-order valence-corrected chi connectivity index (χ1v) is 12.7. The van der Waals surface area contributed by atoms with Crippen molar-refractivity contribution in [3.8, 4) is 17.0 Å². The van der Waals surface area contributed by atoms with Crippen LogP contribution < -0.4 is 15.2 Å². The quantitative estimate of drug-likeness (QED) is 0.538. The number of rotatable bonds is 8. The van der Waals surface area contributed by atoms with Gasteiger partial charge in [0.05, 0.1) is 36.4 Å². The molecule has 1 aliphatic rings. The molecule has 0 amide bonds. The molecule has 1 aromatic heterocycles. The Hall–Kier alpha value is -2.75. The molecular weight excluding hydrogens is 428 g/mol. The molecule has 0 unspecified atom stereocenters. The predicted octanol–water partition coefficient (Wildman–Crippen LogP) is 2.99. The van der Waals surface area contributed by atoms with Crippen molar-refractivity contribution >= 4 is 32.3 Å². The lowest BCUT2D eigenvalue weighted by atomic mass is 10.1. The molecule has 3 N–H and O–H groups in total. The maximum atomic E-state index is 11.5. The van der Waals surface area contributed by atoms with E-state index < -0.39 is 10.0 Å². The van der Waals surface area contributed by atoms with Gasteiger partial charge in [0.2, 0.25) is 10.0 Å². The van der Waals surface area contributed by atoms with Gasteiger partial charge in [-0.05, 0) is 31.2 Å². The number of ether oxygens (including phenoxy) is 2. The van der Waals surface area contributed by atoms with E-state index in [4.69, 9.17) is 15.2 Å². The number of sulfonamides is 1. The third-order valence-corrected chi connectivity index (χ3v) is 6.24. The second-order valence-corrected chi connectivity index (χ2v) is 9.69. The zero-order valence-corrected chi connectivity index (χ0v) is 19.3. The topological polar surface area (TPSA) is 98.8 Å². The highest BCUT2D eigenvalue weighted by molar-refractivity contribution is 7.92. The first-order valence-electron chi connectivity index (χ1n) is 10.8. The Morgan fingerprint density at radius 2 is 1.84 bits per heavy atom. The van der Waals surface area contributed by atoms with Gasteiger partial charge in [0.1, 0.15) is 12.4 Å². The fourth-order valence-corrected chi connectivity index (χ4v) is 4.68. The van der Waals surface area contributed by atoms with Crippen LogP contribution in [0.3, 0.4) is 0 Å². The molecule has 0 radical (unpaired) electrons. The number of nitrogens with one attached hydrogen (secondary N) is 1. The average molecular weight is 459 g/mol. The van der Waals surface area contributed by atoms with E-state index in [0.29, 0.717) is 18.0 Å². The van der Waals surface area contributed by atoms with Crippen LogP contribution in [0.25, 0.3) is 22.2 Å². The number of aryl methyl sites for hydroxylation is 1. The zero-order chi connectivity index (χ0) is 22.7. The average Bonchev–Trinajstić information content (AvgIpc) is 3.05. The molecular formula is C23H30N4O4S. The molecule has 1 aliphatic heterocycles. The third-order valence-electron chi connectivity index (χ3n) is 5.63. The summed E-state index contributed by atoms with van der Waals surface area (Å²) < 4.78 is 39.0. The van der Waals surface area contributed by atoms with E-state index in [1.165, 1.54) is 0 Å². The van der Waals surface area contributed by atoms with Crippen LogP contribution in [0.15, 0.2) is 42.5 Å². The highest BCUT2D eigenvalue weighted by Gasteiger charge is 2.17. The summed E-state index contributed by atoms with van der Waals surface area (Å²) in [4.78, 5) is 2.34. The summed E-state index contributed by atoms with van der Waals surface area (Å²) in [6.45, 7) is 7.76. The lowest BCUT2D eigenvalue weighted by Gasteiger charge is -2.26. The fourth-order valence-electron chi connectivity index (χ4n) is 4.11. The summed E-state index contributed by atoms with van der Waals surface area (Å²) >= 11 is 0. The Kier molecular flexibility index (Phi) is 6.59. The fraction of sp³-hybridized carbons (Fsp3) is 0.391. The second-order valence-electron chi connectivity index (χ2n) is 7.94. The smallest absolute Gasteiger partial charge is 0.229 e. The largest absolute Gasteiger partial charge is 0.492 e. The molecule has 0 bridgehead atoms. The van der Waals surface area contributed by atoms with Crippen LogP contribution >= 0.6 is 0 Å². The number of hydrogen-bond acceptors (Lipinski definition) is 6. The van der Waals surface area contributed by atoms with E-state index in [0.717, 1.165) is 73.6 Å². The minimum atomic E-state index is -3.32. The standard InChI is InChI=1S/C23H30N4O4S/c1-3-27-21-16-19(31-15-12-26-10-13-30-14-11-26)8-9-20(21)22(24)23(27)17-4-6-18(7-5-17)25-32(2,28)29/h4-9,16,25H,3,10-15,24H2,1-2H3. The minimum absolute atomic E-state index is 0.518. The van der Waals surface area contributed by atoms with Gasteiger partial charge in [0.25, 0.3) is 0 Å². The van der Waals surface area contributed by atoms with Crippen molar-refractivity contribution in [2.24, 2.45) is 0 Å². The van der Waals surface area contributed by atoms with E-state index in [9.17, 15) is 8.42 Å². The molecule has 172 valence electrons. The van der Waals surface area contributed by atoms with Gasteiger partial charge in [0, 0.05) is 48.9 Å². The van der Waals surface area contributed by atoms with Crippen LogP contribution in [-0.4, -0.2) is 63.6 Å². The summed E-state index contributed by atoms with van der Waals surface area (Å²) in [5.74, 6) is 0.817. The first kappa shape index (κ1) is 22.4. The van der Waals surface area contributed by atoms with Gasteiger partial charge < -0.3 is 19.8 Å². The minimum Gasteiger partial charge on any atom is -0.492 e. The highest BCUT2D eigenvalue weighted by Crippen LogP contribution is 2.38. The summed E-state index contributed by atoms with van der Waals surface area (Å²) in [6, 6.07) is 13.2. The maximum Gasteiger partial charge on any atom is 0.229 e. The Labute approximate surface area is 189 Å². The molecule has 0 atom stereocenters. The van der Waals surface area contributed by atoms with Crippen LogP contribution in [-0.2, 0) is 21.3 Å². The van der Waals surface area contributed by atoms with Crippen molar-refractivity contribution in [3.63, 3.8) is 0 Å². The molecule has 9 heteroatoms. The molecule has 32 heavy (non-hydrogen) atoms.